The summed E-state index contributed by atoms with van der Waals surface area (Å²) in [5.41, 5.74) is 3.21. The van der Waals surface area contributed by atoms with Gasteiger partial charge in [-0.3, -0.25) is 4.79 Å². The fourth-order valence-corrected chi connectivity index (χ4v) is 3.41. The summed E-state index contributed by atoms with van der Waals surface area (Å²) in [7, 11) is 0. The zero-order valence-electron chi connectivity index (χ0n) is 14.3. The van der Waals surface area contributed by atoms with E-state index in [1.54, 1.807) is 11.8 Å². The number of rotatable bonds is 3. The number of aromatic nitrogens is 3. The number of hydrogen-bond donors (Lipinski definition) is 1. The SMILES string of the molecule is Cc1nnc([C@@H]2COCCN2C(=O)Cc2c[nH]c3cccc(C)c23)o1. The van der Waals surface area contributed by atoms with Crippen LogP contribution in [0.3, 0.4) is 0 Å². The van der Waals surface area contributed by atoms with Crippen molar-refractivity contribution in [2.45, 2.75) is 26.3 Å². The maximum Gasteiger partial charge on any atom is 0.241 e. The van der Waals surface area contributed by atoms with Crippen LogP contribution in [0.15, 0.2) is 28.8 Å². The first kappa shape index (κ1) is 15.8. The second-order valence-corrected chi connectivity index (χ2v) is 6.33. The number of morpholine rings is 1. The summed E-state index contributed by atoms with van der Waals surface area (Å²) >= 11 is 0. The lowest BCUT2D eigenvalue weighted by atomic mass is 10.0. The van der Waals surface area contributed by atoms with Gasteiger partial charge in [-0.25, -0.2) is 0 Å². The molecule has 4 rings (SSSR count). The highest BCUT2D eigenvalue weighted by Gasteiger charge is 2.32. The van der Waals surface area contributed by atoms with Crippen LogP contribution in [0.1, 0.15) is 29.0 Å². The molecule has 1 N–H and O–H groups in total. The molecule has 1 atom stereocenters. The quantitative estimate of drug-likeness (QED) is 0.791. The Balaban J connectivity index is 1.60. The van der Waals surface area contributed by atoms with Crippen LogP contribution in [0.5, 0.6) is 0 Å². The van der Waals surface area contributed by atoms with Crippen molar-refractivity contribution in [2.24, 2.45) is 0 Å². The second kappa shape index (κ2) is 6.33. The minimum atomic E-state index is -0.325. The van der Waals surface area contributed by atoms with Crippen LogP contribution < -0.4 is 0 Å². The molecule has 0 radical (unpaired) electrons. The van der Waals surface area contributed by atoms with Crippen LogP contribution in [0.4, 0.5) is 0 Å². The lowest BCUT2D eigenvalue weighted by Gasteiger charge is -2.33. The maximum absolute atomic E-state index is 13.0. The number of aryl methyl sites for hydroxylation is 2. The number of nitrogens with zero attached hydrogens (tertiary/aromatic N) is 3. The number of hydrogen-bond acceptors (Lipinski definition) is 5. The summed E-state index contributed by atoms with van der Waals surface area (Å²) in [6.07, 6.45) is 2.25. The van der Waals surface area contributed by atoms with Gasteiger partial charge in [-0.05, 0) is 24.1 Å². The minimum Gasteiger partial charge on any atom is -0.423 e. The van der Waals surface area contributed by atoms with Crippen molar-refractivity contribution in [3.05, 3.63) is 47.3 Å². The van der Waals surface area contributed by atoms with E-state index >= 15 is 0 Å². The Labute approximate surface area is 145 Å². The van der Waals surface area contributed by atoms with E-state index in [4.69, 9.17) is 9.15 Å². The number of aromatic amines is 1. The molecule has 3 heterocycles. The van der Waals surface area contributed by atoms with Gasteiger partial charge in [-0.2, -0.15) is 0 Å². The molecule has 1 aromatic carbocycles. The number of nitrogens with one attached hydrogen (secondary N) is 1. The second-order valence-electron chi connectivity index (χ2n) is 6.33. The van der Waals surface area contributed by atoms with Crippen molar-refractivity contribution < 1.29 is 13.9 Å². The van der Waals surface area contributed by atoms with Gasteiger partial charge >= 0.3 is 0 Å². The largest absolute Gasteiger partial charge is 0.423 e. The highest BCUT2D eigenvalue weighted by atomic mass is 16.5. The van der Waals surface area contributed by atoms with Gasteiger partial charge < -0.3 is 19.0 Å². The van der Waals surface area contributed by atoms with Crippen molar-refractivity contribution in [2.75, 3.05) is 19.8 Å². The lowest BCUT2D eigenvalue weighted by molar-refractivity contribution is -0.140. The van der Waals surface area contributed by atoms with Crippen LogP contribution >= 0.6 is 0 Å². The molecule has 1 aliphatic rings. The highest BCUT2D eigenvalue weighted by Crippen LogP contribution is 2.27. The van der Waals surface area contributed by atoms with Crippen LogP contribution in [-0.2, 0) is 16.0 Å². The van der Waals surface area contributed by atoms with Crippen molar-refractivity contribution >= 4 is 16.8 Å². The van der Waals surface area contributed by atoms with E-state index in [2.05, 4.69) is 28.2 Å². The molecule has 2 aromatic heterocycles. The van der Waals surface area contributed by atoms with E-state index < -0.39 is 0 Å². The van der Waals surface area contributed by atoms with Gasteiger partial charge in [0.05, 0.1) is 19.6 Å². The topological polar surface area (TPSA) is 84.3 Å². The zero-order valence-corrected chi connectivity index (χ0v) is 14.3. The van der Waals surface area contributed by atoms with Crippen LogP contribution in [0.25, 0.3) is 10.9 Å². The molecule has 0 bridgehead atoms. The Bertz CT molecular complexity index is 914. The molecule has 25 heavy (non-hydrogen) atoms. The van der Waals surface area contributed by atoms with Crippen molar-refractivity contribution in [3.63, 3.8) is 0 Å². The van der Waals surface area contributed by atoms with Gasteiger partial charge in [0.15, 0.2) is 0 Å². The molecule has 7 nitrogen and oxygen atoms in total. The third-order valence-electron chi connectivity index (χ3n) is 4.61. The average Bonchev–Trinajstić information content (AvgIpc) is 3.22. The molecule has 0 spiro atoms. The first-order valence-electron chi connectivity index (χ1n) is 8.36. The fraction of sp³-hybridized carbons (Fsp3) is 0.389. The number of H-pyrrole nitrogens is 1. The Morgan fingerprint density at radius 1 is 1.36 bits per heavy atom. The van der Waals surface area contributed by atoms with Crippen molar-refractivity contribution in [3.8, 4) is 0 Å². The summed E-state index contributed by atoms with van der Waals surface area (Å²) < 4.78 is 11.0. The molecule has 0 unspecified atom stereocenters. The summed E-state index contributed by atoms with van der Waals surface area (Å²) in [6, 6.07) is 5.77. The molecule has 0 aliphatic carbocycles. The molecular formula is C18H20N4O3. The van der Waals surface area contributed by atoms with E-state index in [-0.39, 0.29) is 11.9 Å². The number of benzene rings is 1. The fourth-order valence-electron chi connectivity index (χ4n) is 3.41. The lowest BCUT2D eigenvalue weighted by Crippen LogP contribution is -2.44. The normalized spacial score (nSPS) is 18.0. The molecular weight excluding hydrogens is 320 g/mol. The minimum absolute atomic E-state index is 0.0355. The smallest absolute Gasteiger partial charge is 0.241 e. The first-order chi connectivity index (χ1) is 12.1. The van der Waals surface area contributed by atoms with Crippen LogP contribution in [0, 0.1) is 13.8 Å². The monoisotopic (exact) mass is 340 g/mol. The highest BCUT2D eigenvalue weighted by molar-refractivity contribution is 5.91. The third kappa shape index (κ3) is 2.91. The average molecular weight is 340 g/mol. The molecule has 1 fully saturated rings. The van der Waals surface area contributed by atoms with E-state index in [1.165, 1.54) is 0 Å². The first-order valence-corrected chi connectivity index (χ1v) is 8.36. The van der Waals surface area contributed by atoms with Crippen LogP contribution in [-0.4, -0.2) is 45.7 Å². The van der Waals surface area contributed by atoms with E-state index in [0.717, 1.165) is 22.0 Å². The van der Waals surface area contributed by atoms with E-state index in [0.29, 0.717) is 38.0 Å². The van der Waals surface area contributed by atoms with Gasteiger partial charge in [0, 0.05) is 30.6 Å². The standard InChI is InChI=1S/C18H20N4O3/c1-11-4-3-5-14-17(11)13(9-19-14)8-16(23)22-6-7-24-10-15(22)18-21-20-12(2)25-18/h3-5,9,15,19H,6-8,10H2,1-2H3/t15-/m0/s1. The number of carbonyl (C=O) groups excluding carboxylic acids is 1. The molecule has 1 saturated heterocycles. The number of fused-ring (bicyclic) bond motifs is 1. The van der Waals surface area contributed by atoms with Crippen LogP contribution in [0.2, 0.25) is 0 Å². The van der Waals surface area contributed by atoms with Gasteiger partial charge in [-0.1, -0.05) is 12.1 Å². The summed E-state index contributed by atoms with van der Waals surface area (Å²) in [5, 5.41) is 9.05. The third-order valence-corrected chi connectivity index (χ3v) is 4.61. The predicted octanol–water partition coefficient (Wildman–Crippen LogP) is 2.31. The number of amides is 1. The molecule has 0 saturated carbocycles. The van der Waals surface area contributed by atoms with Gasteiger partial charge in [-0.15, -0.1) is 10.2 Å². The Morgan fingerprint density at radius 2 is 2.24 bits per heavy atom. The number of carbonyl (C=O) groups is 1. The van der Waals surface area contributed by atoms with Crippen molar-refractivity contribution in [1.29, 1.82) is 0 Å². The number of ether oxygens (including phenoxy) is 1. The van der Waals surface area contributed by atoms with E-state index in [9.17, 15) is 4.79 Å². The summed E-state index contributed by atoms with van der Waals surface area (Å²) in [4.78, 5) is 18.0. The van der Waals surface area contributed by atoms with Gasteiger partial charge in [0.25, 0.3) is 0 Å². The summed E-state index contributed by atoms with van der Waals surface area (Å²) in [6.45, 7) is 5.21. The predicted molar refractivity (Wildman–Crippen MR) is 91.0 cm³/mol. The molecule has 130 valence electrons. The molecule has 1 amide bonds. The molecule has 1 aliphatic heterocycles. The van der Waals surface area contributed by atoms with Gasteiger partial charge in [0.1, 0.15) is 6.04 Å². The van der Waals surface area contributed by atoms with E-state index in [1.807, 2.05) is 18.3 Å². The Hall–Kier alpha value is -2.67. The maximum atomic E-state index is 13.0. The van der Waals surface area contributed by atoms with Crippen molar-refractivity contribution in [1.82, 2.24) is 20.1 Å². The molecule has 3 aromatic rings. The Morgan fingerprint density at radius 3 is 3.04 bits per heavy atom. The van der Waals surface area contributed by atoms with Gasteiger partial charge in [0.2, 0.25) is 17.7 Å². The summed E-state index contributed by atoms with van der Waals surface area (Å²) in [5.74, 6) is 0.953. The molecule has 7 heteroatoms. The zero-order chi connectivity index (χ0) is 17.4. The Kier molecular flexibility index (Phi) is 4.01.